The summed E-state index contributed by atoms with van der Waals surface area (Å²) in [6, 6.07) is 4.32. The van der Waals surface area contributed by atoms with Gasteiger partial charge >= 0.3 is 6.03 Å². The Morgan fingerprint density at radius 2 is 1.97 bits per heavy atom. The van der Waals surface area contributed by atoms with Gasteiger partial charge in [-0.3, -0.25) is 4.68 Å². The molecule has 1 fully saturated rings. The molecule has 1 spiro atoms. The predicted octanol–water partition coefficient (Wildman–Crippen LogP) is 4.72. The number of urea groups is 1. The molecule has 7 nitrogen and oxygen atoms in total. The summed E-state index contributed by atoms with van der Waals surface area (Å²) in [6.07, 6.45) is 7.82. The van der Waals surface area contributed by atoms with Gasteiger partial charge in [0.15, 0.2) is 0 Å². The molecule has 2 amide bonds. The van der Waals surface area contributed by atoms with Crippen molar-refractivity contribution < 1.29 is 4.79 Å². The van der Waals surface area contributed by atoms with Crippen molar-refractivity contribution in [3.63, 3.8) is 0 Å². The van der Waals surface area contributed by atoms with Crippen LogP contribution in [0.4, 0.5) is 4.79 Å². The molecule has 1 saturated heterocycles. The van der Waals surface area contributed by atoms with Crippen LogP contribution in [-0.2, 0) is 12.0 Å². The number of fused-ring (bicyclic) bond motifs is 3. The third kappa shape index (κ3) is 3.69. The fourth-order valence-electron chi connectivity index (χ4n) is 5.01. The highest BCUT2D eigenvalue weighted by Gasteiger charge is 2.42. The van der Waals surface area contributed by atoms with Gasteiger partial charge in [0, 0.05) is 59.6 Å². The van der Waals surface area contributed by atoms with Gasteiger partial charge < -0.3 is 15.2 Å². The van der Waals surface area contributed by atoms with Crippen molar-refractivity contribution in [3.05, 3.63) is 35.2 Å². The van der Waals surface area contributed by atoms with Crippen LogP contribution in [0.1, 0.15) is 52.1 Å². The second kappa shape index (κ2) is 7.26. The van der Waals surface area contributed by atoms with Crippen LogP contribution in [0.2, 0.25) is 5.02 Å². The molecule has 0 saturated carbocycles. The molecule has 2 aliphatic heterocycles. The lowest BCUT2D eigenvalue weighted by Crippen LogP contribution is -2.53. The first kappa shape index (κ1) is 20.4. The number of hydrogen-bond donors (Lipinski definition) is 2. The van der Waals surface area contributed by atoms with E-state index in [1.54, 1.807) is 6.20 Å². The first-order chi connectivity index (χ1) is 14.7. The van der Waals surface area contributed by atoms with Gasteiger partial charge in [0.05, 0.1) is 10.7 Å². The molecule has 0 aromatic carbocycles. The van der Waals surface area contributed by atoms with Gasteiger partial charge in [-0.2, -0.15) is 5.10 Å². The van der Waals surface area contributed by atoms with Crippen LogP contribution in [0.25, 0.3) is 22.3 Å². The highest BCUT2D eigenvalue weighted by atomic mass is 35.5. The monoisotopic (exact) mass is 440 g/mol. The topological polar surface area (TPSA) is 78.8 Å². The number of rotatable bonds is 1. The molecule has 0 unspecified atom stereocenters. The van der Waals surface area contributed by atoms with Gasteiger partial charge in [-0.25, -0.2) is 9.78 Å². The van der Waals surface area contributed by atoms with E-state index in [2.05, 4.69) is 32.1 Å². The minimum absolute atomic E-state index is 0.0371. The normalized spacial score (nSPS) is 18.4. The lowest BCUT2D eigenvalue weighted by Gasteiger charge is -2.44. The zero-order valence-corrected chi connectivity index (χ0v) is 19.1. The third-order valence-corrected chi connectivity index (χ3v) is 6.93. The van der Waals surface area contributed by atoms with E-state index in [1.165, 1.54) is 5.69 Å². The molecular weight excluding hydrogens is 412 g/mol. The number of H-pyrrole nitrogens is 1. The minimum atomic E-state index is -0.220. The van der Waals surface area contributed by atoms with Crippen LogP contribution >= 0.6 is 11.6 Å². The Kier molecular flexibility index (Phi) is 4.77. The molecule has 5 heterocycles. The number of halogens is 1. The van der Waals surface area contributed by atoms with Crippen molar-refractivity contribution in [2.45, 2.75) is 64.0 Å². The van der Waals surface area contributed by atoms with E-state index in [0.29, 0.717) is 5.02 Å². The van der Waals surface area contributed by atoms with Crippen molar-refractivity contribution in [2.24, 2.45) is 0 Å². The molecule has 164 valence electrons. The molecular formula is C23H29ClN6O. The third-order valence-electron chi connectivity index (χ3n) is 6.61. The second-order valence-corrected chi connectivity index (χ2v) is 10.4. The van der Waals surface area contributed by atoms with Gasteiger partial charge in [-0.15, -0.1) is 0 Å². The fraction of sp³-hybridized carbons (Fsp3) is 0.522. The molecule has 0 aliphatic carbocycles. The molecule has 0 atom stereocenters. The van der Waals surface area contributed by atoms with Crippen LogP contribution in [0.3, 0.4) is 0 Å². The number of hydrogen-bond acceptors (Lipinski definition) is 3. The number of carbonyl (C=O) groups is 1. The Balaban J connectivity index is 1.40. The number of aromatic amines is 1. The number of nitrogens with zero attached hydrogens (tertiary/aromatic N) is 4. The lowest BCUT2D eigenvalue weighted by molar-refractivity contribution is 0.134. The number of likely N-dealkylation sites (tertiary alicyclic amines) is 1. The van der Waals surface area contributed by atoms with Crippen LogP contribution in [0.15, 0.2) is 24.5 Å². The first-order valence-electron chi connectivity index (χ1n) is 11.0. The van der Waals surface area contributed by atoms with Crippen LogP contribution in [-0.4, -0.2) is 49.3 Å². The summed E-state index contributed by atoms with van der Waals surface area (Å²) in [5.74, 6) is 0. The Morgan fingerprint density at radius 1 is 1.19 bits per heavy atom. The summed E-state index contributed by atoms with van der Waals surface area (Å²) in [6.45, 7) is 8.54. The Labute approximate surface area is 187 Å². The zero-order valence-electron chi connectivity index (χ0n) is 18.3. The van der Waals surface area contributed by atoms with E-state index in [9.17, 15) is 4.79 Å². The minimum Gasteiger partial charge on any atom is -0.345 e. The summed E-state index contributed by atoms with van der Waals surface area (Å²) >= 11 is 6.29. The Hall–Kier alpha value is -2.54. The molecule has 3 aromatic heterocycles. The van der Waals surface area contributed by atoms with Crippen molar-refractivity contribution in [1.82, 2.24) is 30.0 Å². The van der Waals surface area contributed by atoms with E-state index in [4.69, 9.17) is 16.7 Å². The van der Waals surface area contributed by atoms with Gasteiger partial charge in [-0.05, 0) is 58.6 Å². The average molecular weight is 441 g/mol. The standard InChI is InChI=1S/C23H29ClN6O/c1-22(2,3)27-21(31)29-9-6-23(7-10-29)5-4-8-30-19(23)12-18(28-30)15-11-16-17(24)14-26-20(16)25-13-15/h11-14H,4-10H2,1-3H3,(H,25,26)(H,27,31). The Morgan fingerprint density at radius 3 is 2.71 bits per heavy atom. The summed E-state index contributed by atoms with van der Waals surface area (Å²) in [7, 11) is 0. The summed E-state index contributed by atoms with van der Waals surface area (Å²) in [5, 5.41) is 9.60. The van der Waals surface area contributed by atoms with Crippen molar-refractivity contribution >= 4 is 28.7 Å². The highest BCUT2D eigenvalue weighted by Crippen LogP contribution is 2.43. The van der Waals surface area contributed by atoms with Crippen LogP contribution in [0, 0.1) is 0 Å². The van der Waals surface area contributed by atoms with Crippen LogP contribution in [0.5, 0.6) is 0 Å². The van der Waals surface area contributed by atoms with Gasteiger partial charge in [-0.1, -0.05) is 11.6 Å². The second-order valence-electron chi connectivity index (χ2n) is 9.95. The molecule has 5 rings (SSSR count). The van der Waals surface area contributed by atoms with Crippen molar-refractivity contribution in [2.75, 3.05) is 13.1 Å². The predicted molar refractivity (Wildman–Crippen MR) is 122 cm³/mol. The molecule has 31 heavy (non-hydrogen) atoms. The maximum atomic E-state index is 12.6. The quantitative estimate of drug-likeness (QED) is 0.574. The van der Waals surface area contributed by atoms with Crippen LogP contribution < -0.4 is 5.32 Å². The number of aryl methyl sites for hydroxylation is 1. The fourth-order valence-corrected chi connectivity index (χ4v) is 5.20. The van der Waals surface area contributed by atoms with E-state index in [1.807, 2.05) is 31.9 Å². The maximum Gasteiger partial charge on any atom is 0.317 e. The van der Waals surface area contributed by atoms with E-state index in [0.717, 1.165) is 67.6 Å². The van der Waals surface area contributed by atoms with E-state index in [-0.39, 0.29) is 17.0 Å². The molecule has 0 bridgehead atoms. The number of amides is 2. The smallest absolute Gasteiger partial charge is 0.317 e. The van der Waals surface area contributed by atoms with E-state index >= 15 is 0 Å². The van der Waals surface area contributed by atoms with Gasteiger partial charge in [0.25, 0.3) is 0 Å². The summed E-state index contributed by atoms with van der Waals surface area (Å²) in [5.41, 5.74) is 3.87. The number of pyridine rings is 1. The number of carbonyl (C=O) groups excluding carboxylic acids is 1. The number of piperidine rings is 1. The summed E-state index contributed by atoms with van der Waals surface area (Å²) < 4.78 is 2.17. The summed E-state index contributed by atoms with van der Waals surface area (Å²) in [4.78, 5) is 22.2. The molecule has 8 heteroatoms. The highest BCUT2D eigenvalue weighted by molar-refractivity contribution is 6.35. The lowest BCUT2D eigenvalue weighted by atomic mass is 9.70. The average Bonchev–Trinajstić information content (AvgIpc) is 3.32. The largest absolute Gasteiger partial charge is 0.345 e. The van der Waals surface area contributed by atoms with Crippen molar-refractivity contribution in [3.8, 4) is 11.3 Å². The maximum absolute atomic E-state index is 12.6. The zero-order chi connectivity index (χ0) is 21.8. The SMILES string of the molecule is CC(C)(C)NC(=O)N1CCC2(CCCn3nc(-c4cnc5[nH]cc(Cl)c5c4)cc32)CC1. The number of aromatic nitrogens is 4. The molecule has 3 aromatic rings. The van der Waals surface area contributed by atoms with Gasteiger partial charge in [0.2, 0.25) is 0 Å². The molecule has 2 N–H and O–H groups in total. The number of nitrogens with one attached hydrogen (secondary N) is 2. The van der Waals surface area contributed by atoms with E-state index < -0.39 is 0 Å². The van der Waals surface area contributed by atoms with Crippen molar-refractivity contribution in [1.29, 1.82) is 0 Å². The first-order valence-corrected chi connectivity index (χ1v) is 11.4. The van der Waals surface area contributed by atoms with Gasteiger partial charge in [0.1, 0.15) is 5.65 Å². The molecule has 2 aliphatic rings. The Bertz CT molecular complexity index is 1130. The molecule has 0 radical (unpaired) electrons.